The molecule has 0 fully saturated rings. The highest BCUT2D eigenvalue weighted by Crippen LogP contribution is 2.21. The van der Waals surface area contributed by atoms with E-state index >= 15 is 0 Å². The van der Waals surface area contributed by atoms with Crippen molar-refractivity contribution >= 4 is 5.91 Å². The number of amides is 1. The van der Waals surface area contributed by atoms with E-state index in [1.807, 2.05) is 0 Å². The zero-order valence-electron chi connectivity index (χ0n) is 12.8. The van der Waals surface area contributed by atoms with E-state index in [0.717, 1.165) is 5.56 Å². The molecule has 2 aromatic carbocycles. The first-order valence-electron chi connectivity index (χ1n) is 7.32. The Kier molecular flexibility index (Phi) is 4.37. The first-order chi connectivity index (χ1) is 11.5. The van der Waals surface area contributed by atoms with Gasteiger partial charge in [0, 0.05) is 11.6 Å². The summed E-state index contributed by atoms with van der Waals surface area (Å²) in [5.74, 6) is -0.736. The fourth-order valence-electron chi connectivity index (χ4n) is 2.24. The second-order valence-electron chi connectivity index (χ2n) is 5.33. The molecular weight excluding hydrogens is 314 g/mol. The van der Waals surface area contributed by atoms with Crippen LogP contribution >= 0.6 is 0 Å². The molecular formula is C18H14F2N2O2. The number of halogens is 2. The van der Waals surface area contributed by atoms with Crippen LogP contribution in [0.2, 0.25) is 0 Å². The lowest BCUT2D eigenvalue weighted by Gasteiger charge is -2.12. The predicted molar refractivity (Wildman–Crippen MR) is 84.2 cm³/mol. The summed E-state index contributed by atoms with van der Waals surface area (Å²) < 4.78 is 31.0. The number of nitrogens with zero attached hydrogens (tertiary/aromatic N) is 1. The first-order valence-corrected chi connectivity index (χ1v) is 7.32. The highest BCUT2D eigenvalue weighted by Gasteiger charge is 2.16. The maximum atomic E-state index is 12.9. The van der Waals surface area contributed by atoms with Gasteiger partial charge in [-0.05, 0) is 48.9 Å². The van der Waals surface area contributed by atoms with Gasteiger partial charge in [0.1, 0.15) is 11.6 Å². The van der Waals surface area contributed by atoms with E-state index < -0.39 is 5.91 Å². The molecule has 1 N–H and O–H groups in total. The Hall–Kier alpha value is -3.02. The molecule has 3 rings (SSSR count). The maximum absolute atomic E-state index is 12.9. The Morgan fingerprint density at radius 3 is 2.25 bits per heavy atom. The minimum Gasteiger partial charge on any atom is -0.355 e. The van der Waals surface area contributed by atoms with Crippen LogP contribution in [0.3, 0.4) is 0 Å². The van der Waals surface area contributed by atoms with Gasteiger partial charge in [-0.25, -0.2) is 8.78 Å². The molecule has 0 unspecified atom stereocenters. The molecule has 6 heteroatoms. The second kappa shape index (κ2) is 6.62. The van der Waals surface area contributed by atoms with E-state index in [0.29, 0.717) is 11.3 Å². The van der Waals surface area contributed by atoms with Crippen molar-refractivity contribution in [3.8, 4) is 11.3 Å². The zero-order valence-corrected chi connectivity index (χ0v) is 12.8. The second-order valence-corrected chi connectivity index (χ2v) is 5.33. The molecule has 0 aliphatic rings. The summed E-state index contributed by atoms with van der Waals surface area (Å²) in [7, 11) is 0. The SMILES string of the molecule is C[C@@H](NC(=O)c1cc(-c2ccc(F)cc2)on1)c1ccc(F)cc1. The van der Waals surface area contributed by atoms with Crippen molar-refractivity contribution in [1.82, 2.24) is 10.5 Å². The summed E-state index contributed by atoms with van der Waals surface area (Å²) in [5, 5.41) is 6.50. The van der Waals surface area contributed by atoms with Crippen LogP contribution in [0.15, 0.2) is 59.1 Å². The number of carbonyl (C=O) groups excluding carboxylic acids is 1. The molecule has 1 heterocycles. The molecule has 0 saturated carbocycles. The summed E-state index contributed by atoms with van der Waals surface area (Å²) in [6.45, 7) is 1.78. The third-order valence-electron chi connectivity index (χ3n) is 3.59. The topological polar surface area (TPSA) is 55.1 Å². The number of benzene rings is 2. The van der Waals surface area contributed by atoms with Gasteiger partial charge in [0.15, 0.2) is 11.5 Å². The van der Waals surface area contributed by atoms with Crippen LogP contribution in [-0.4, -0.2) is 11.1 Å². The monoisotopic (exact) mass is 328 g/mol. The summed E-state index contributed by atoms with van der Waals surface area (Å²) in [5.41, 5.74) is 1.50. The molecule has 0 aliphatic heterocycles. The molecule has 1 amide bonds. The first kappa shape index (κ1) is 15.9. The summed E-state index contributed by atoms with van der Waals surface area (Å²) >= 11 is 0. The summed E-state index contributed by atoms with van der Waals surface area (Å²) in [6.07, 6.45) is 0. The number of aromatic nitrogens is 1. The normalized spacial score (nSPS) is 12.0. The lowest BCUT2D eigenvalue weighted by atomic mass is 10.1. The Morgan fingerprint density at radius 1 is 1.04 bits per heavy atom. The van der Waals surface area contributed by atoms with Gasteiger partial charge >= 0.3 is 0 Å². The molecule has 0 spiro atoms. The minimum atomic E-state index is -0.413. The van der Waals surface area contributed by atoms with Crippen LogP contribution in [0.25, 0.3) is 11.3 Å². The van der Waals surface area contributed by atoms with Crippen molar-refractivity contribution in [2.75, 3.05) is 0 Å². The van der Waals surface area contributed by atoms with Crippen molar-refractivity contribution in [2.24, 2.45) is 0 Å². The molecule has 0 bridgehead atoms. The fraction of sp³-hybridized carbons (Fsp3) is 0.111. The van der Waals surface area contributed by atoms with Crippen LogP contribution < -0.4 is 5.32 Å². The van der Waals surface area contributed by atoms with Crippen LogP contribution in [0.4, 0.5) is 8.78 Å². The van der Waals surface area contributed by atoms with Gasteiger partial charge in [-0.3, -0.25) is 4.79 Å². The lowest BCUT2D eigenvalue weighted by molar-refractivity contribution is 0.0931. The van der Waals surface area contributed by atoms with Crippen molar-refractivity contribution in [3.63, 3.8) is 0 Å². The van der Waals surface area contributed by atoms with Crippen molar-refractivity contribution in [3.05, 3.63) is 77.5 Å². The van der Waals surface area contributed by atoms with E-state index in [1.165, 1.54) is 30.3 Å². The standard InChI is InChI=1S/C18H14F2N2O2/c1-11(12-2-6-14(19)7-3-12)21-18(23)16-10-17(24-22-16)13-4-8-15(20)9-5-13/h2-11H,1H3,(H,21,23)/t11-/m1/s1. The molecule has 0 aliphatic carbocycles. The largest absolute Gasteiger partial charge is 0.355 e. The summed E-state index contributed by atoms with van der Waals surface area (Å²) in [4.78, 5) is 12.2. The Bertz CT molecular complexity index is 842. The van der Waals surface area contributed by atoms with Gasteiger partial charge in [0.25, 0.3) is 5.91 Å². The summed E-state index contributed by atoms with van der Waals surface area (Å²) in [6, 6.07) is 12.7. The minimum absolute atomic E-state index is 0.114. The van der Waals surface area contributed by atoms with Gasteiger partial charge in [-0.15, -0.1) is 0 Å². The molecule has 0 radical (unpaired) electrons. The van der Waals surface area contributed by atoms with Crippen molar-refractivity contribution in [2.45, 2.75) is 13.0 Å². The maximum Gasteiger partial charge on any atom is 0.273 e. The number of carbonyl (C=O) groups is 1. The third kappa shape index (κ3) is 3.48. The van der Waals surface area contributed by atoms with Gasteiger partial charge in [0.05, 0.1) is 6.04 Å². The number of hydrogen-bond acceptors (Lipinski definition) is 3. The smallest absolute Gasteiger partial charge is 0.273 e. The fourth-order valence-corrected chi connectivity index (χ4v) is 2.24. The van der Waals surface area contributed by atoms with E-state index in [-0.39, 0.29) is 23.4 Å². The molecule has 4 nitrogen and oxygen atoms in total. The van der Waals surface area contributed by atoms with E-state index in [2.05, 4.69) is 10.5 Å². The molecule has 1 atom stereocenters. The highest BCUT2D eigenvalue weighted by molar-refractivity contribution is 5.93. The van der Waals surface area contributed by atoms with Crippen LogP contribution in [0.1, 0.15) is 29.0 Å². The van der Waals surface area contributed by atoms with Crippen LogP contribution in [-0.2, 0) is 0 Å². The number of nitrogens with one attached hydrogen (secondary N) is 1. The van der Waals surface area contributed by atoms with Crippen LogP contribution in [0, 0.1) is 11.6 Å². The number of hydrogen-bond donors (Lipinski definition) is 1. The molecule has 3 aromatic rings. The Morgan fingerprint density at radius 2 is 1.62 bits per heavy atom. The van der Waals surface area contributed by atoms with Crippen molar-refractivity contribution in [1.29, 1.82) is 0 Å². The van der Waals surface area contributed by atoms with Crippen LogP contribution in [0.5, 0.6) is 0 Å². The average molecular weight is 328 g/mol. The van der Waals surface area contributed by atoms with Gasteiger partial charge in [-0.2, -0.15) is 0 Å². The number of rotatable bonds is 4. The van der Waals surface area contributed by atoms with Crippen molar-refractivity contribution < 1.29 is 18.1 Å². The predicted octanol–water partition coefficient (Wildman–Crippen LogP) is 4.11. The van der Waals surface area contributed by atoms with E-state index in [4.69, 9.17) is 4.52 Å². The Balaban J connectivity index is 1.71. The molecule has 1 aromatic heterocycles. The third-order valence-corrected chi connectivity index (χ3v) is 3.59. The highest BCUT2D eigenvalue weighted by atomic mass is 19.1. The van der Waals surface area contributed by atoms with Gasteiger partial charge in [0.2, 0.25) is 0 Å². The lowest BCUT2D eigenvalue weighted by Crippen LogP contribution is -2.26. The van der Waals surface area contributed by atoms with E-state index in [1.54, 1.807) is 31.2 Å². The quantitative estimate of drug-likeness (QED) is 0.784. The Labute approximate surface area is 137 Å². The van der Waals surface area contributed by atoms with Gasteiger partial charge < -0.3 is 9.84 Å². The van der Waals surface area contributed by atoms with Gasteiger partial charge in [-0.1, -0.05) is 17.3 Å². The zero-order chi connectivity index (χ0) is 17.1. The molecule has 0 saturated heterocycles. The molecule has 122 valence electrons. The van der Waals surface area contributed by atoms with E-state index in [9.17, 15) is 13.6 Å². The average Bonchev–Trinajstić information content (AvgIpc) is 3.06. The molecule has 24 heavy (non-hydrogen) atoms.